The van der Waals surface area contributed by atoms with Gasteiger partial charge in [0.1, 0.15) is 0 Å². The third-order valence-electron chi connectivity index (χ3n) is 1.83. The molecule has 0 aromatic carbocycles. The van der Waals surface area contributed by atoms with E-state index in [-0.39, 0.29) is 12.0 Å². The minimum absolute atomic E-state index is 0.144. The van der Waals surface area contributed by atoms with Crippen molar-refractivity contribution < 1.29 is 5.11 Å². The zero-order chi connectivity index (χ0) is 7.61. The van der Waals surface area contributed by atoms with Gasteiger partial charge in [-0.2, -0.15) is 5.26 Å². The molecule has 0 spiro atoms. The Labute approximate surface area is 60.9 Å². The summed E-state index contributed by atoms with van der Waals surface area (Å²) in [4.78, 5) is 2.07. The number of β-amino-alcohol motifs (C(OH)–C–C–N with tert-alkyl or cyclic N) is 1. The van der Waals surface area contributed by atoms with Gasteiger partial charge in [0.05, 0.1) is 18.1 Å². The number of nitriles is 1. The van der Waals surface area contributed by atoms with Gasteiger partial charge in [-0.15, -0.1) is 0 Å². The average Bonchev–Trinajstić information content (AvgIpc) is 1.85. The van der Waals surface area contributed by atoms with Crippen LogP contribution in [0.5, 0.6) is 0 Å². The monoisotopic (exact) mass is 140 g/mol. The minimum Gasteiger partial charge on any atom is -0.395 e. The van der Waals surface area contributed by atoms with Gasteiger partial charge < -0.3 is 5.11 Å². The lowest BCUT2D eigenvalue weighted by Crippen LogP contribution is -2.54. The molecular weight excluding hydrogens is 128 g/mol. The van der Waals surface area contributed by atoms with Gasteiger partial charge in [-0.25, -0.2) is 0 Å². The molecule has 3 heteroatoms. The van der Waals surface area contributed by atoms with Crippen molar-refractivity contribution >= 4 is 0 Å². The van der Waals surface area contributed by atoms with Crippen molar-refractivity contribution in [1.82, 2.24) is 4.90 Å². The molecular formula is C7H12N2O. The summed E-state index contributed by atoms with van der Waals surface area (Å²) in [7, 11) is 0. The Bertz CT molecular complexity index is 155. The van der Waals surface area contributed by atoms with Crippen LogP contribution in [-0.2, 0) is 0 Å². The second-order valence-electron chi connectivity index (χ2n) is 3.11. The smallest absolute Gasteiger partial charge is 0.0799 e. The lowest BCUT2D eigenvalue weighted by atomic mass is 9.84. The van der Waals surface area contributed by atoms with Crippen LogP contribution in [0.2, 0.25) is 0 Å². The van der Waals surface area contributed by atoms with Crippen molar-refractivity contribution in [3.63, 3.8) is 0 Å². The van der Waals surface area contributed by atoms with Crippen LogP contribution in [0.25, 0.3) is 0 Å². The highest BCUT2D eigenvalue weighted by atomic mass is 16.3. The molecule has 1 N–H and O–H groups in total. The van der Waals surface area contributed by atoms with Crippen molar-refractivity contribution in [2.45, 2.75) is 6.92 Å². The number of rotatable bonds is 2. The normalized spacial score (nSPS) is 23.3. The average molecular weight is 140 g/mol. The quantitative estimate of drug-likeness (QED) is 0.579. The first-order valence-electron chi connectivity index (χ1n) is 3.45. The zero-order valence-electron chi connectivity index (χ0n) is 6.17. The van der Waals surface area contributed by atoms with E-state index in [2.05, 4.69) is 11.0 Å². The summed E-state index contributed by atoms with van der Waals surface area (Å²) in [6.45, 7) is 4.47. The SMILES string of the molecule is CC1(C#N)CN(CCO)C1. The van der Waals surface area contributed by atoms with Crippen molar-refractivity contribution in [2.75, 3.05) is 26.2 Å². The highest BCUT2D eigenvalue weighted by Crippen LogP contribution is 2.27. The number of hydrogen-bond acceptors (Lipinski definition) is 3. The fraction of sp³-hybridized carbons (Fsp3) is 0.857. The van der Waals surface area contributed by atoms with E-state index < -0.39 is 0 Å². The van der Waals surface area contributed by atoms with Gasteiger partial charge in [0, 0.05) is 19.6 Å². The van der Waals surface area contributed by atoms with Crippen LogP contribution in [0, 0.1) is 16.7 Å². The highest BCUT2D eigenvalue weighted by Gasteiger charge is 2.38. The third-order valence-corrected chi connectivity index (χ3v) is 1.83. The summed E-state index contributed by atoms with van der Waals surface area (Å²) in [5.41, 5.74) is -0.144. The van der Waals surface area contributed by atoms with E-state index in [1.807, 2.05) is 6.92 Å². The molecule has 3 nitrogen and oxygen atoms in total. The Morgan fingerprint density at radius 2 is 2.30 bits per heavy atom. The molecule has 1 fully saturated rings. The first kappa shape index (κ1) is 7.52. The predicted molar refractivity (Wildman–Crippen MR) is 37.2 cm³/mol. The van der Waals surface area contributed by atoms with Crippen LogP contribution < -0.4 is 0 Å². The highest BCUT2D eigenvalue weighted by molar-refractivity contribution is 5.06. The van der Waals surface area contributed by atoms with Crippen LogP contribution >= 0.6 is 0 Å². The molecule has 1 heterocycles. The molecule has 0 atom stereocenters. The molecule has 0 radical (unpaired) electrons. The van der Waals surface area contributed by atoms with E-state index in [0.717, 1.165) is 13.1 Å². The molecule has 0 aromatic heterocycles. The lowest BCUT2D eigenvalue weighted by Gasteiger charge is -2.42. The molecule has 1 saturated heterocycles. The van der Waals surface area contributed by atoms with E-state index in [1.54, 1.807) is 0 Å². The van der Waals surface area contributed by atoms with E-state index in [0.29, 0.717) is 6.54 Å². The first-order chi connectivity index (χ1) is 4.70. The summed E-state index contributed by atoms with van der Waals surface area (Å²) >= 11 is 0. The van der Waals surface area contributed by atoms with E-state index in [4.69, 9.17) is 10.4 Å². The van der Waals surface area contributed by atoms with Crippen LogP contribution in [0.4, 0.5) is 0 Å². The maximum atomic E-state index is 8.59. The number of likely N-dealkylation sites (tertiary alicyclic amines) is 1. The Hall–Kier alpha value is -0.590. The fourth-order valence-electron chi connectivity index (χ4n) is 1.31. The van der Waals surface area contributed by atoms with E-state index >= 15 is 0 Å². The van der Waals surface area contributed by atoms with Crippen LogP contribution in [0.1, 0.15) is 6.92 Å². The largest absolute Gasteiger partial charge is 0.395 e. The third kappa shape index (κ3) is 1.28. The lowest BCUT2D eigenvalue weighted by molar-refractivity contribution is 0.0443. The van der Waals surface area contributed by atoms with Crippen molar-refractivity contribution in [2.24, 2.45) is 5.41 Å². The first-order valence-corrected chi connectivity index (χ1v) is 3.45. The molecule has 0 bridgehead atoms. The van der Waals surface area contributed by atoms with Crippen LogP contribution in [0.15, 0.2) is 0 Å². The number of nitrogens with zero attached hydrogens (tertiary/aromatic N) is 2. The molecule has 0 aliphatic carbocycles. The summed E-state index contributed by atoms with van der Waals surface area (Å²) in [6, 6.07) is 2.24. The second kappa shape index (κ2) is 2.57. The Morgan fingerprint density at radius 3 is 2.70 bits per heavy atom. The summed E-state index contributed by atoms with van der Waals surface area (Å²) in [6.07, 6.45) is 0. The second-order valence-corrected chi connectivity index (χ2v) is 3.11. The maximum absolute atomic E-state index is 8.59. The van der Waals surface area contributed by atoms with Crippen molar-refractivity contribution in [1.29, 1.82) is 5.26 Å². The van der Waals surface area contributed by atoms with Gasteiger partial charge in [0.2, 0.25) is 0 Å². The van der Waals surface area contributed by atoms with Crippen molar-refractivity contribution in [3.8, 4) is 6.07 Å². The summed E-state index contributed by atoms with van der Waals surface area (Å²) in [5.74, 6) is 0. The number of hydrogen-bond donors (Lipinski definition) is 1. The molecule has 10 heavy (non-hydrogen) atoms. The van der Waals surface area contributed by atoms with Gasteiger partial charge in [-0.3, -0.25) is 4.90 Å². The van der Waals surface area contributed by atoms with Crippen molar-refractivity contribution in [3.05, 3.63) is 0 Å². The summed E-state index contributed by atoms with van der Waals surface area (Å²) in [5, 5.41) is 17.1. The Kier molecular flexibility index (Phi) is 1.93. The Morgan fingerprint density at radius 1 is 1.70 bits per heavy atom. The standard InChI is InChI=1S/C7H12N2O/c1-7(4-8)5-9(6-7)2-3-10/h10H,2-3,5-6H2,1H3. The topological polar surface area (TPSA) is 47.3 Å². The van der Waals surface area contributed by atoms with Gasteiger partial charge in [0.25, 0.3) is 0 Å². The minimum atomic E-state index is -0.144. The van der Waals surface area contributed by atoms with E-state index in [9.17, 15) is 0 Å². The van der Waals surface area contributed by atoms with Crippen LogP contribution in [0.3, 0.4) is 0 Å². The molecule has 1 aliphatic rings. The molecule has 0 aromatic rings. The molecule has 0 saturated carbocycles. The fourth-order valence-corrected chi connectivity index (χ4v) is 1.31. The maximum Gasteiger partial charge on any atom is 0.0799 e. The van der Waals surface area contributed by atoms with Gasteiger partial charge in [-0.05, 0) is 6.92 Å². The molecule has 1 rings (SSSR count). The Balaban J connectivity index is 2.24. The van der Waals surface area contributed by atoms with Gasteiger partial charge in [0.15, 0.2) is 0 Å². The predicted octanol–water partition coefficient (Wildman–Crippen LogP) is -0.176. The number of aliphatic hydroxyl groups excluding tert-OH is 1. The molecule has 0 unspecified atom stereocenters. The number of aliphatic hydroxyl groups is 1. The zero-order valence-corrected chi connectivity index (χ0v) is 6.17. The summed E-state index contributed by atoms with van der Waals surface area (Å²) < 4.78 is 0. The van der Waals surface area contributed by atoms with E-state index in [1.165, 1.54) is 0 Å². The van der Waals surface area contributed by atoms with Crippen LogP contribution in [-0.4, -0.2) is 36.2 Å². The van der Waals surface area contributed by atoms with Gasteiger partial charge in [-0.1, -0.05) is 0 Å². The molecule has 1 aliphatic heterocycles. The van der Waals surface area contributed by atoms with Gasteiger partial charge >= 0.3 is 0 Å². The molecule has 0 amide bonds. The molecule has 56 valence electrons.